The topological polar surface area (TPSA) is 87.2 Å². The Bertz CT molecular complexity index is 1220. The molecule has 216 valence electrons. The van der Waals surface area contributed by atoms with Gasteiger partial charge in [-0.2, -0.15) is 0 Å². The highest BCUT2D eigenvalue weighted by Crippen LogP contribution is 2.38. The van der Waals surface area contributed by atoms with Crippen LogP contribution in [0.1, 0.15) is 44.6 Å². The largest absolute Gasteiger partial charge is 0.412 e. The minimum absolute atomic E-state index is 0.0576. The zero-order valence-electron chi connectivity index (χ0n) is 23.5. The molecule has 1 amide bonds. The molecule has 3 heterocycles. The first-order valence-corrected chi connectivity index (χ1v) is 15.6. The Balaban J connectivity index is 1.38. The monoisotopic (exact) mass is 566 g/mol. The van der Waals surface area contributed by atoms with Gasteiger partial charge in [0.1, 0.15) is 5.75 Å². The van der Waals surface area contributed by atoms with Crippen LogP contribution in [0.2, 0.25) is 0 Å². The average molecular weight is 567 g/mol. The molecule has 5 rings (SSSR count). The number of thiophene rings is 1. The van der Waals surface area contributed by atoms with Crippen molar-refractivity contribution in [2.24, 2.45) is 5.92 Å². The Morgan fingerprint density at radius 1 is 1.07 bits per heavy atom. The molecule has 1 saturated heterocycles. The van der Waals surface area contributed by atoms with Gasteiger partial charge in [-0.1, -0.05) is 37.5 Å². The van der Waals surface area contributed by atoms with Gasteiger partial charge in [-0.15, -0.1) is 11.3 Å². The SMILES string of the molecule is C[C@H](NC(=O)Oc1c(CN2CCN(CCOCCO)CC2)c(-c2cccs2)nc2ccccc12)C1CCCCC1. The zero-order chi connectivity index (χ0) is 27.7. The fraction of sp³-hybridized carbons (Fsp3) is 0.548. The molecule has 2 N–H and O–H groups in total. The number of ether oxygens (including phenoxy) is 2. The van der Waals surface area contributed by atoms with Crippen molar-refractivity contribution in [2.75, 3.05) is 52.5 Å². The zero-order valence-corrected chi connectivity index (χ0v) is 24.3. The van der Waals surface area contributed by atoms with Crippen LogP contribution in [0.15, 0.2) is 41.8 Å². The van der Waals surface area contributed by atoms with Crippen LogP contribution in [-0.4, -0.2) is 84.6 Å². The third-order valence-electron chi connectivity index (χ3n) is 8.23. The van der Waals surface area contributed by atoms with E-state index in [2.05, 4.69) is 33.5 Å². The van der Waals surface area contributed by atoms with Crippen molar-refractivity contribution in [1.29, 1.82) is 0 Å². The minimum Gasteiger partial charge on any atom is -0.409 e. The predicted octanol–water partition coefficient (Wildman–Crippen LogP) is 5.15. The highest BCUT2D eigenvalue weighted by molar-refractivity contribution is 7.13. The van der Waals surface area contributed by atoms with E-state index >= 15 is 0 Å². The molecule has 0 spiro atoms. The lowest BCUT2D eigenvalue weighted by atomic mass is 9.85. The quantitative estimate of drug-likeness (QED) is 0.311. The summed E-state index contributed by atoms with van der Waals surface area (Å²) >= 11 is 1.65. The lowest BCUT2D eigenvalue weighted by Crippen LogP contribution is -2.47. The van der Waals surface area contributed by atoms with Crippen molar-refractivity contribution < 1.29 is 19.4 Å². The van der Waals surface area contributed by atoms with Crippen molar-refractivity contribution in [3.63, 3.8) is 0 Å². The molecule has 1 atom stereocenters. The second-order valence-corrected chi connectivity index (χ2v) is 11.9. The molecule has 2 aliphatic rings. The van der Waals surface area contributed by atoms with Gasteiger partial charge in [-0.05, 0) is 49.3 Å². The summed E-state index contributed by atoms with van der Waals surface area (Å²) in [7, 11) is 0. The number of para-hydroxylation sites is 1. The van der Waals surface area contributed by atoms with E-state index in [-0.39, 0.29) is 18.7 Å². The molecule has 9 heteroatoms. The third kappa shape index (κ3) is 7.39. The normalized spacial score (nSPS) is 18.1. The molecular formula is C31H42N4O4S. The van der Waals surface area contributed by atoms with Crippen molar-refractivity contribution in [1.82, 2.24) is 20.1 Å². The van der Waals surface area contributed by atoms with E-state index in [4.69, 9.17) is 19.6 Å². The highest BCUT2D eigenvalue weighted by atomic mass is 32.1. The summed E-state index contributed by atoms with van der Waals surface area (Å²) in [6.45, 7) is 8.37. The number of rotatable bonds is 11. The number of aliphatic hydroxyl groups is 1. The van der Waals surface area contributed by atoms with Crippen LogP contribution < -0.4 is 10.1 Å². The van der Waals surface area contributed by atoms with E-state index in [0.717, 1.165) is 72.6 Å². The highest BCUT2D eigenvalue weighted by Gasteiger charge is 2.26. The standard InChI is InChI=1S/C31H42N4O4S/c1-23(24-8-3-2-4-9-24)32-31(37)39-30-25-10-5-6-11-27(25)33-29(28-12-7-21-40-28)26(30)22-35-15-13-34(14-16-35)17-19-38-20-18-36/h5-7,10-12,21,23-24,36H,2-4,8-9,13-20,22H2,1H3,(H,32,37)/t23-/m0/s1. The Labute approximate surface area is 241 Å². The molecular weight excluding hydrogens is 524 g/mol. The number of amides is 1. The number of hydrogen-bond acceptors (Lipinski definition) is 8. The summed E-state index contributed by atoms with van der Waals surface area (Å²) in [5.74, 6) is 1.11. The fourth-order valence-electron chi connectivity index (χ4n) is 5.92. The summed E-state index contributed by atoms with van der Waals surface area (Å²) in [4.78, 5) is 24.3. The molecule has 0 unspecified atom stereocenters. The third-order valence-corrected chi connectivity index (χ3v) is 9.10. The van der Waals surface area contributed by atoms with Gasteiger partial charge in [0.25, 0.3) is 0 Å². The van der Waals surface area contributed by atoms with Gasteiger partial charge in [-0.3, -0.25) is 9.80 Å². The molecule has 0 radical (unpaired) electrons. The number of nitrogens with one attached hydrogen (secondary N) is 1. The molecule has 1 saturated carbocycles. The van der Waals surface area contributed by atoms with Crippen molar-refractivity contribution in [3.05, 3.63) is 47.3 Å². The molecule has 40 heavy (non-hydrogen) atoms. The van der Waals surface area contributed by atoms with E-state index in [1.807, 2.05) is 30.3 Å². The number of piperazine rings is 1. The smallest absolute Gasteiger partial charge is 0.409 e. The first-order chi connectivity index (χ1) is 19.6. The number of fused-ring (bicyclic) bond motifs is 1. The van der Waals surface area contributed by atoms with Crippen LogP contribution in [0.5, 0.6) is 5.75 Å². The summed E-state index contributed by atoms with van der Waals surface area (Å²) in [5, 5.41) is 15.0. The molecule has 2 fully saturated rings. The number of hydrogen-bond donors (Lipinski definition) is 2. The lowest BCUT2D eigenvalue weighted by molar-refractivity contribution is 0.0563. The molecule has 1 aliphatic heterocycles. The van der Waals surface area contributed by atoms with Gasteiger partial charge in [0, 0.05) is 56.3 Å². The first-order valence-electron chi connectivity index (χ1n) is 14.7. The second-order valence-electron chi connectivity index (χ2n) is 10.9. The van der Waals surface area contributed by atoms with E-state index < -0.39 is 0 Å². The van der Waals surface area contributed by atoms with Gasteiger partial charge in [0.05, 0.1) is 35.9 Å². The van der Waals surface area contributed by atoms with Crippen LogP contribution in [0.25, 0.3) is 21.5 Å². The maximum absolute atomic E-state index is 13.3. The van der Waals surface area contributed by atoms with Gasteiger partial charge in [-0.25, -0.2) is 9.78 Å². The number of benzene rings is 1. The van der Waals surface area contributed by atoms with Gasteiger partial charge in [0.2, 0.25) is 0 Å². The predicted molar refractivity (Wildman–Crippen MR) is 160 cm³/mol. The Morgan fingerprint density at radius 2 is 1.85 bits per heavy atom. The van der Waals surface area contributed by atoms with Gasteiger partial charge < -0.3 is 19.9 Å². The van der Waals surface area contributed by atoms with E-state index in [9.17, 15) is 4.79 Å². The summed E-state index contributed by atoms with van der Waals surface area (Å²) in [6, 6.07) is 12.2. The first kappa shape index (κ1) is 29.0. The number of nitrogens with zero attached hydrogens (tertiary/aromatic N) is 3. The maximum atomic E-state index is 13.3. The molecule has 8 nitrogen and oxygen atoms in total. The van der Waals surface area contributed by atoms with Gasteiger partial charge >= 0.3 is 6.09 Å². The summed E-state index contributed by atoms with van der Waals surface area (Å²) in [6.07, 6.45) is 5.69. The van der Waals surface area contributed by atoms with Crippen LogP contribution in [0.3, 0.4) is 0 Å². The van der Waals surface area contributed by atoms with E-state index in [0.29, 0.717) is 31.4 Å². The molecule has 2 aromatic heterocycles. The number of carbonyl (C=O) groups excluding carboxylic acids is 1. The number of aromatic nitrogens is 1. The van der Waals surface area contributed by atoms with Crippen LogP contribution in [-0.2, 0) is 11.3 Å². The van der Waals surface area contributed by atoms with E-state index in [1.54, 1.807) is 11.3 Å². The number of pyridine rings is 1. The second kappa shape index (κ2) is 14.4. The summed E-state index contributed by atoms with van der Waals surface area (Å²) < 4.78 is 11.7. The maximum Gasteiger partial charge on any atom is 0.412 e. The minimum atomic E-state index is -0.388. The van der Waals surface area contributed by atoms with Gasteiger partial charge in [0.15, 0.2) is 0 Å². The molecule has 0 bridgehead atoms. The number of carbonyl (C=O) groups is 1. The molecule has 1 aromatic carbocycles. The van der Waals surface area contributed by atoms with Crippen LogP contribution in [0.4, 0.5) is 4.79 Å². The Kier molecular flexibility index (Phi) is 10.4. The molecule has 1 aliphatic carbocycles. The fourth-order valence-corrected chi connectivity index (χ4v) is 6.66. The van der Waals surface area contributed by atoms with Crippen LogP contribution in [0, 0.1) is 5.92 Å². The van der Waals surface area contributed by atoms with E-state index in [1.165, 1.54) is 19.3 Å². The summed E-state index contributed by atoms with van der Waals surface area (Å²) in [5.41, 5.74) is 2.67. The van der Waals surface area contributed by atoms with Crippen LogP contribution >= 0.6 is 11.3 Å². The Morgan fingerprint density at radius 3 is 2.60 bits per heavy atom. The molecule has 3 aromatic rings. The Hall–Kier alpha value is -2.56. The van der Waals surface area contributed by atoms with Crippen molar-refractivity contribution in [2.45, 2.75) is 51.6 Å². The average Bonchev–Trinajstić information content (AvgIpc) is 3.52. The van der Waals surface area contributed by atoms with Crippen molar-refractivity contribution >= 4 is 28.3 Å². The lowest BCUT2D eigenvalue weighted by Gasteiger charge is -2.35. The number of aliphatic hydroxyl groups excluding tert-OH is 1. The van der Waals surface area contributed by atoms with Crippen molar-refractivity contribution in [3.8, 4) is 16.3 Å².